The van der Waals surface area contributed by atoms with Crippen LogP contribution < -0.4 is 0 Å². The first kappa shape index (κ1) is 38.5. The van der Waals surface area contributed by atoms with Crippen molar-refractivity contribution in [1.82, 2.24) is 0 Å². The summed E-state index contributed by atoms with van der Waals surface area (Å²) in [5.41, 5.74) is 0. The van der Waals surface area contributed by atoms with Gasteiger partial charge in [-0.15, -0.1) is 0 Å². The van der Waals surface area contributed by atoms with Gasteiger partial charge in [0.25, 0.3) is 0 Å². The van der Waals surface area contributed by atoms with Crippen molar-refractivity contribution in [3.63, 3.8) is 0 Å². The van der Waals surface area contributed by atoms with Crippen molar-refractivity contribution in [1.29, 1.82) is 0 Å². The Labute approximate surface area is 247 Å². The van der Waals surface area contributed by atoms with Crippen LogP contribution in [0.15, 0.2) is 0 Å². The summed E-state index contributed by atoms with van der Waals surface area (Å²) in [4.78, 5) is 25.7. The molecule has 0 saturated heterocycles. The number of hydrogen-bond donors (Lipinski definition) is 0. The maximum absolute atomic E-state index is 12.9. The summed E-state index contributed by atoms with van der Waals surface area (Å²) in [6.45, 7) is 13.5. The molecule has 0 radical (unpaired) electrons. The first-order chi connectivity index (χ1) is 18.4. The summed E-state index contributed by atoms with van der Waals surface area (Å²) in [5, 5.41) is 0. The van der Waals surface area contributed by atoms with Crippen LogP contribution in [-0.4, -0.2) is 49.5 Å². The van der Waals surface area contributed by atoms with E-state index in [-0.39, 0.29) is 11.9 Å². The van der Waals surface area contributed by atoms with Gasteiger partial charge in [0.15, 0.2) is 0 Å². The van der Waals surface area contributed by atoms with Gasteiger partial charge in [0.05, 0.1) is 0 Å². The van der Waals surface area contributed by atoms with Crippen molar-refractivity contribution < 1.29 is 15.7 Å². The van der Waals surface area contributed by atoms with E-state index in [1.807, 2.05) is 0 Å². The molecule has 6 heteroatoms. The topological polar surface area (TPSA) is 52.6 Å². The Bertz CT molecular complexity index is 488. The molecule has 0 rings (SSSR count). The molecule has 0 atom stereocenters. The third-order valence-electron chi connectivity index (χ3n) is 8.09. The quantitative estimate of drug-likeness (QED) is 0.0619. The molecular weight excluding hydrogens is 686 g/mol. The molecule has 0 aromatic rings. The van der Waals surface area contributed by atoms with E-state index in [4.69, 9.17) is 6.15 Å². The van der Waals surface area contributed by atoms with Crippen LogP contribution >= 0.6 is 0 Å². The van der Waals surface area contributed by atoms with Crippen LogP contribution in [0.4, 0.5) is 0 Å². The molecule has 0 bridgehead atoms. The van der Waals surface area contributed by atoms with E-state index in [1.165, 1.54) is 104 Å². The van der Waals surface area contributed by atoms with E-state index in [9.17, 15) is 9.59 Å². The van der Waals surface area contributed by atoms with Crippen molar-refractivity contribution >= 4 is 49.5 Å². The second-order valence-corrected chi connectivity index (χ2v) is 35.1. The van der Waals surface area contributed by atoms with E-state index >= 15 is 0 Å². The molecule has 0 amide bonds. The second-order valence-electron chi connectivity index (χ2n) is 11.8. The van der Waals surface area contributed by atoms with Crippen molar-refractivity contribution in [2.45, 2.75) is 184 Å². The van der Waals surface area contributed by atoms with Gasteiger partial charge in [-0.2, -0.15) is 0 Å². The average molecular weight is 752 g/mol. The fourth-order valence-corrected chi connectivity index (χ4v) is 32.0. The zero-order valence-corrected chi connectivity index (χ0v) is 32.3. The van der Waals surface area contributed by atoms with Crippen LogP contribution in [0.5, 0.6) is 0 Å². The fraction of sp³-hybridized carbons (Fsp3) is 0.938. The standard InChI is InChI=1S/C8H14O4.6C4H9.2Sn/c9-7(10)5-3-1-2-4-6-8(11)12;6*1-3-4-2;;/h1-6H2,(H,9,10)(H,11,12);6*1,3-4H2,2H3;;/q;;;;;;;2*+1/p-2. The Balaban J connectivity index is 4.64. The number of rotatable bonds is 27. The van der Waals surface area contributed by atoms with E-state index < -0.39 is 37.6 Å². The predicted octanol–water partition coefficient (Wildman–Crippen LogP) is 11.1. The Morgan fingerprint density at radius 2 is 0.632 bits per heavy atom. The Morgan fingerprint density at radius 3 is 0.842 bits per heavy atom. The summed E-state index contributed by atoms with van der Waals surface area (Å²) in [6.07, 6.45) is 19.3. The molecule has 4 nitrogen and oxygen atoms in total. The molecule has 0 unspecified atom stereocenters. The van der Waals surface area contributed by atoms with Gasteiger partial charge in [-0.3, -0.25) is 0 Å². The molecule has 0 aliphatic heterocycles. The molecule has 0 aliphatic rings. The first-order valence-corrected chi connectivity index (χ1v) is 31.2. The van der Waals surface area contributed by atoms with Gasteiger partial charge in [-0.25, -0.2) is 0 Å². The Hall–Kier alpha value is 0.537. The van der Waals surface area contributed by atoms with Crippen molar-refractivity contribution in [3.05, 3.63) is 0 Å². The summed E-state index contributed by atoms with van der Waals surface area (Å²) in [6, 6.07) is 0. The molecule has 0 aliphatic carbocycles. The SMILES string of the molecule is CCC[CH2][Sn]([CH2]CCC)([CH2]CCC)[O]C(=O)CCCCCCC(=O)[O][Sn]([CH2]CCC)([CH2]CCC)[CH2]CCC. The van der Waals surface area contributed by atoms with E-state index in [1.54, 1.807) is 0 Å². The average Bonchev–Trinajstić information content (AvgIpc) is 2.92. The molecular formula is C32H66O4Sn2. The predicted molar refractivity (Wildman–Crippen MR) is 170 cm³/mol. The van der Waals surface area contributed by atoms with Crippen molar-refractivity contribution in [2.75, 3.05) is 0 Å². The summed E-state index contributed by atoms with van der Waals surface area (Å²) < 4.78 is 20.1. The summed E-state index contributed by atoms with van der Waals surface area (Å²) >= 11 is -5.69. The molecule has 0 fully saturated rings. The van der Waals surface area contributed by atoms with Crippen LogP contribution in [0, 0.1) is 0 Å². The summed E-state index contributed by atoms with van der Waals surface area (Å²) in [5.74, 6) is 0.148. The van der Waals surface area contributed by atoms with E-state index in [0.717, 1.165) is 25.7 Å². The third-order valence-corrected chi connectivity index (χ3v) is 33.5. The van der Waals surface area contributed by atoms with Crippen LogP contribution in [0.3, 0.4) is 0 Å². The van der Waals surface area contributed by atoms with Crippen LogP contribution in [0.25, 0.3) is 0 Å². The first-order valence-electron chi connectivity index (χ1n) is 16.8. The molecule has 38 heavy (non-hydrogen) atoms. The van der Waals surface area contributed by atoms with E-state index in [0.29, 0.717) is 12.8 Å². The Kier molecular flexibility index (Phi) is 25.6. The molecule has 226 valence electrons. The zero-order chi connectivity index (χ0) is 28.5. The van der Waals surface area contributed by atoms with Gasteiger partial charge >= 0.3 is 249 Å². The van der Waals surface area contributed by atoms with Crippen molar-refractivity contribution in [2.24, 2.45) is 0 Å². The monoisotopic (exact) mass is 754 g/mol. The number of hydrogen-bond acceptors (Lipinski definition) is 4. The van der Waals surface area contributed by atoms with Gasteiger partial charge in [0.2, 0.25) is 0 Å². The van der Waals surface area contributed by atoms with E-state index in [2.05, 4.69) is 41.5 Å². The summed E-state index contributed by atoms with van der Waals surface area (Å²) in [7, 11) is 0. The number of unbranched alkanes of at least 4 members (excludes halogenated alkanes) is 9. The molecule has 0 saturated carbocycles. The normalized spacial score (nSPS) is 12.1. The van der Waals surface area contributed by atoms with Crippen LogP contribution in [-0.2, 0) is 15.7 Å². The van der Waals surface area contributed by atoms with Gasteiger partial charge in [-0.1, -0.05) is 0 Å². The van der Waals surface area contributed by atoms with Gasteiger partial charge < -0.3 is 0 Å². The minimum absolute atomic E-state index is 0.0742. The molecule has 0 N–H and O–H groups in total. The molecule has 0 spiro atoms. The minimum atomic E-state index is -2.85. The second kappa shape index (κ2) is 25.3. The molecule has 0 aromatic carbocycles. The molecule has 0 heterocycles. The van der Waals surface area contributed by atoms with Gasteiger partial charge in [0, 0.05) is 0 Å². The molecule has 0 aromatic heterocycles. The Morgan fingerprint density at radius 1 is 0.395 bits per heavy atom. The zero-order valence-electron chi connectivity index (χ0n) is 26.6. The number of carbonyl (C=O) groups is 2. The van der Waals surface area contributed by atoms with Crippen molar-refractivity contribution in [3.8, 4) is 0 Å². The van der Waals surface area contributed by atoms with Gasteiger partial charge in [-0.05, 0) is 0 Å². The van der Waals surface area contributed by atoms with Gasteiger partial charge in [0.1, 0.15) is 0 Å². The number of carbonyl (C=O) groups excluding carboxylic acids is 2. The fourth-order valence-electron chi connectivity index (χ4n) is 5.53. The van der Waals surface area contributed by atoms with Crippen LogP contribution in [0.1, 0.15) is 157 Å². The van der Waals surface area contributed by atoms with Crippen LogP contribution in [0.2, 0.25) is 26.6 Å². The maximum atomic E-state index is 12.9. The third kappa shape index (κ3) is 18.8.